The van der Waals surface area contributed by atoms with Crippen LogP contribution in [0.5, 0.6) is 0 Å². The van der Waals surface area contributed by atoms with Crippen molar-refractivity contribution in [3.8, 4) is 0 Å². The molecule has 0 aromatic carbocycles. The molecule has 96 valence electrons. The van der Waals surface area contributed by atoms with Gasteiger partial charge in [-0.3, -0.25) is 5.10 Å². The molecule has 0 saturated carbocycles. The van der Waals surface area contributed by atoms with Gasteiger partial charge in [-0.15, -0.1) is 0 Å². The number of ether oxygens (including phenoxy) is 1. The molecule has 1 saturated heterocycles. The van der Waals surface area contributed by atoms with E-state index in [1.54, 1.807) is 0 Å². The molecule has 1 N–H and O–H groups in total. The van der Waals surface area contributed by atoms with Gasteiger partial charge in [0.1, 0.15) is 0 Å². The van der Waals surface area contributed by atoms with Crippen LogP contribution in [0.1, 0.15) is 36.0 Å². The number of nitrogens with zero attached hydrogens (tertiary/aromatic N) is 3. The fourth-order valence-corrected chi connectivity index (χ4v) is 2.13. The molecule has 0 amide bonds. The highest BCUT2D eigenvalue weighted by Gasteiger charge is 2.22. The Balaban J connectivity index is 1.50. The van der Waals surface area contributed by atoms with Crippen molar-refractivity contribution in [2.45, 2.75) is 31.6 Å². The summed E-state index contributed by atoms with van der Waals surface area (Å²) in [5, 5.41) is 10.7. The second-order valence-electron chi connectivity index (χ2n) is 4.57. The fourth-order valence-electron chi connectivity index (χ4n) is 2.13. The molecule has 3 heterocycles. The van der Waals surface area contributed by atoms with E-state index in [9.17, 15) is 0 Å². The molecule has 1 atom stereocenters. The number of nitrogens with one attached hydrogen (secondary N) is 1. The number of aromatic nitrogens is 4. The number of aryl methyl sites for hydroxylation is 2. The molecular weight excluding hydrogens is 232 g/mol. The molecule has 1 aliphatic heterocycles. The van der Waals surface area contributed by atoms with Crippen molar-refractivity contribution < 1.29 is 9.26 Å². The van der Waals surface area contributed by atoms with Crippen LogP contribution in [0.4, 0.5) is 0 Å². The maximum absolute atomic E-state index is 5.32. The van der Waals surface area contributed by atoms with Crippen LogP contribution in [-0.4, -0.2) is 33.6 Å². The molecule has 0 unspecified atom stereocenters. The van der Waals surface area contributed by atoms with Gasteiger partial charge in [-0.1, -0.05) is 5.16 Å². The normalized spacial score (nSPS) is 19.4. The van der Waals surface area contributed by atoms with Crippen molar-refractivity contribution in [1.82, 2.24) is 20.3 Å². The summed E-state index contributed by atoms with van der Waals surface area (Å²) in [6, 6.07) is 0. The second kappa shape index (κ2) is 5.30. The Kier molecular flexibility index (Phi) is 3.36. The average molecular weight is 248 g/mol. The Morgan fingerprint density at radius 2 is 2.39 bits per heavy atom. The van der Waals surface area contributed by atoms with Crippen LogP contribution in [0.3, 0.4) is 0 Å². The molecule has 0 spiro atoms. The first kappa shape index (κ1) is 11.4. The third kappa shape index (κ3) is 2.59. The minimum Gasteiger partial charge on any atom is -0.381 e. The van der Waals surface area contributed by atoms with Crippen LogP contribution < -0.4 is 0 Å². The van der Waals surface area contributed by atoms with Crippen molar-refractivity contribution in [2.75, 3.05) is 13.2 Å². The van der Waals surface area contributed by atoms with Crippen LogP contribution >= 0.6 is 0 Å². The highest BCUT2D eigenvalue weighted by molar-refractivity contribution is 5.03. The standard InChI is InChI=1S/C12H16N4O2/c1(2-9-6-13-14-7-9)3-11-15-12(16-18-11)10-4-5-17-8-10/h6-7,10H,1-5,8H2,(H,13,14)/t10-/m0/s1. The van der Waals surface area contributed by atoms with Crippen LogP contribution in [0, 0.1) is 0 Å². The highest BCUT2D eigenvalue weighted by Crippen LogP contribution is 2.22. The van der Waals surface area contributed by atoms with Crippen molar-refractivity contribution in [3.63, 3.8) is 0 Å². The van der Waals surface area contributed by atoms with Crippen molar-refractivity contribution in [3.05, 3.63) is 29.7 Å². The molecular formula is C12H16N4O2. The molecule has 6 nitrogen and oxygen atoms in total. The molecule has 3 rings (SSSR count). The molecule has 0 radical (unpaired) electrons. The van der Waals surface area contributed by atoms with Crippen molar-refractivity contribution in [2.24, 2.45) is 0 Å². The summed E-state index contributed by atoms with van der Waals surface area (Å²) in [6.07, 6.45) is 7.52. The molecule has 1 fully saturated rings. The summed E-state index contributed by atoms with van der Waals surface area (Å²) < 4.78 is 10.6. The van der Waals surface area contributed by atoms with E-state index in [1.165, 1.54) is 5.56 Å². The van der Waals surface area contributed by atoms with E-state index in [2.05, 4.69) is 20.3 Å². The van der Waals surface area contributed by atoms with Crippen LogP contribution in [0.2, 0.25) is 0 Å². The highest BCUT2D eigenvalue weighted by atomic mass is 16.5. The Labute approximate surface area is 105 Å². The summed E-state index contributed by atoms with van der Waals surface area (Å²) in [7, 11) is 0. The molecule has 18 heavy (non-hydrogen) atoms. The summed E-state index contributed by atoms with van der Waals surface area (Å²) in [5.74, 6) is 1.84. The van der Waals surface area contributed by atoms with Gasteiger partial charge >= 0.3 is 0 Å². The van der Waals surface area contributed by atoms with E-state index in [0.717, 1.165) is 44.0 Å². The summed E-state index contributed by atoms with van der Waals surface area (Å²) in [5.41, 5.74) is 1.21. The first-order chi connectivity index (χ1) is 8.92. The topological polar surface area (TPSA) is 76.8 Å². The number of rotatable bonds is 5. The van der Waals surface area contributed by atoms with Crippen molar-refractivity contribution in [1.29, 1.82) is 0 Å². The zero-order chi connectivity index (χ0) is 12.2. The predicted molar refractivity (Wildman–Crippen MR) is 63.1 cm³/mol. The largest absolute Gasteiger partial charge is 0.381 e. The van der Waals surface area contributed by atoms with E-state index in [1.807, 2.05) is 12.4 Å². The maximum Gasteiger partial charge on any atom is 0.226 e. The Morgan fingerprint density at radius 3 is 3.17 bits per heavy atom. The van der Waals surface area contributed by atoms with Crippen LogP contribution in [0.25, 0.3) is 0 Å². The summed E-state index contributed by atoms with van der Waals surface area (Å²) in [6.45, 7) is 1.52. The third-order valence-corrected chi connectivity index (χ3v) is 3.19. The van der Waals surface area contributed by atoms with E-state index >= 15 is 0 Å². The first-order valence-electron chi connectivity index (χ1n) is 6.29. The zero-order valence-electron chi connectivity index (χ0n) is 10.1. The van der Waals surface area contributed by atoms with Gasteiger partial charge in [0.25, 0.3) is 0 Å². The Hall–Kier alpha value is -1.69. The molecule has 0 aliphatic carbocycles. The van der Waals surface area contributed by atoms with Gasteiger partial charge in [-0.2, -0.15) is 10.1 Å². The van der Waals surface area contributed by atoms with Crippen LogP contribution in [-0.2, 0) is 17.6 Å². The predicted octanol–water partition coefficient (Wildman–Crippen LogP) is 1.47. The summed E-state index contributed by atoms with van der Waals surface area (Å²) >= 11 is 0. The second-order valence-corrected chi connectivity index (χ2v) is 4.57. The average Bonchev–Trinajstić information content (AvgIpc) is 3.12. The maximum atomic E-state index is 5.32. The number of H-pyrrole nitrogens is 1. The van der Waals surface area contributed by atoms with Crippen molar-refractivity contribution >= 4 is 0 Å². The smallest absolute Gasteiger partial charge is 0.226 e. The SMILES string of the molecule is c1n[nH]cc1CCCc1nc([C@H]2CCOC2)no1. The Morgan fingerprint density at radius 1 is 1.39 bits per heavy atom. The van der Waals surface area contributed by atoms with E-state index < -0.39 is 0 Å². The monoisotopic (exact) mass is 248 g/mol. The van der Waals surface area contributed by atoms with E-state index in [4.69, 9.17) is 9.26 Å². The van der Waals surface area contributed by atoms with Crippen LogP contribution in [0.15, 0.2) is 16.9 Å². The molecule has 6 heteroatoms. The number of aromatic amines is 1. The molecule has 2 aromatic rings. The lowest BCUT2D eigenvalue weighted by molar-refractivity contribution is 0.192. The van der Waals surface area contributed by atoms with Gasteiger partial charge in [0.05, 0.1) is 12.8 Å². The van der Waals surface area contributed by atoms with Gasteiger partial charge < -0.3 is 9.26 Å². The minimum atomic E-state index is 0.316. The first-order valence-corrected chi connectivity index (χ1v) is 6.29. The van der Waals surface area contributed by atoms with Gasteiger partial charge in [-0.25, -0.2) is 0 Å². The van der Waals surface area contributed by atoms with E-state index in [0.29, 0.717) is 12.5 Å². The van der Waals surface area contributed by atoms with E-state index in [-0.39, 0.29) is 0 Å². The lowest BCUT2D eigenvalue weighted by atomic mass is 10.1. The lowest BCUT2D eigenvalue weighted by Crippen LogP contribution is -2.00. The number of hydrogen-bond donors (Lipinski definition) is 1. The zero-order valence-corrected chi connectivity index (χ0v) is 10.1. The van der Waals surface area contributed by atoms with Gasteiger partial charge in [0.2, 0.25) is 5.89 Å². The molecule has 2 aromatic heterocycles. The fraction of sp³-hybridized carbons (Fsp3) is 0.583. The minimum absolute atomic E-state index is 0.316. The van der Waals surface area contributed by atoms with Gasteiger partial charge in [-0.05, 0) is 24.8 Å². The molecule has 0 bridgehead atoms. The number of hydrogen-bond acceptors (Lipinski definition) is 5. The quantitative estimate of drug-likeness (QED) is 0.867. The lowest BCUT2D eigenvalue weighted by Gasteiger charge is -1.97. The molecule has 1 aliphatic rings. The van der Waals surface area contributed by atoms with Gasteiger partial charge in [0.15, 0.2) is 5.82 Å². The summed E-state index contributed by atoms with van der Waals surface area (Å²) in [4.78, 5) is 4.43. The third-order valence-electron chi connectivity index (χ3n) is 3.19. The Bertz CT molecular complexity index is 474. The van der Waals surface area contributed by atoms with Gasteiger partial charge in [0, 0.05) is 25.1 Å².